The van der Waals surface area contributed by atoms with Gasteiger partial charge >= 0.3 is 0 Å². The second kappa shape index (κ2) is 7.15. The summed E-state index contributed by atoms with van der Waals surface area (Å²) < 4.78 is 0. The molecule has 2 amide bonds. The minimum absolute atomic E-state index is 0.0332. The first-order valence-corrected chi connectivity index (χ1v) is 8.87. The maximum Gasteiger partial charge on any atom is 0.238 e. The molecule has 0 bridgehead atoms. The average molecular weight is 343 g/mol. The second-order valence-electron chi connectivity index (χ2n) is 6.12. The van der Waals surface area contributed by atoms with Crippen LogP contribution in [0, 0.1) is 0 Å². The topological polar surface area (TPSA) is 52.7 Å². The monoisotopic (exact) mass is 343 g/mol. The summed E-state index contributed by atoms with van der Waals surface area (Å²) in [5.41, 5.74) is 4.06. The quantitative estimate of drug-likeness (QED) is 0.908. The number of nitrogens with zero attached hydrogens (tertiary/aromatic N) is 2. The number of hydrogen-bond acceptors (Lipinski definition) is 4. The van der Waals surface area contributed by atoms with Crippen molar-refractivity contribution in [3.63, 3.8) is 0 Å². The summed E-state index contributed by atoms with van der Waals surface area (Å²) in [5, 5.41) is 7.08. The van der Waals surface area contributed by atoms with Crippen molar-refractivity contribution in [3.05, 3.63) is 46.2 Å². The van der Waals surface area contributed by atoms with Crippen molar-refractivity contribution in [1.82, 2.24) is 4.90 Å². The fourth-order valence-corrected chi connectivity index (χ4v) is 3.66. The Morgan fingerprint density at radius 1 is 1.33 bits per heavy atom. The Labute approximate surface area is 145 Å². The third-order valence-electron chi connectivity index (χ3n) is 4.09. The van der Waals surface area contributed by atoms with Crippen LogP contribution >= 0.6 is 11.3 Å². The molecule has 1 aliphatic heterocycles. The van der Waals surface area contributed by atoms with Crippen LogP contribution in [-0.2, 0) is 22.6 Å². The molecular formula is C18H21N3O2S. The van der Waals surface area contributed by atoms with Gasteiger partial charge in [0.15, 0.2) is 0 Å². The highest BCUT2D eigenvalue weighted by Gasteiger charge is 2.22. The van der Waals surface area contributed by atoms with Crippen LogP contribution in [0.4, 0.5) is 11.4 Å². The van der Waals surface area contributed by atoms with Gasteiger partial charge in [0, 0.05) is 31.4 Å². The summed E-state index contributed by atoms with van der Waals surface area (Å²) >= 11 is 1.66. The number of amides is 2. The van der Waals surface area contributed by atoms with E-state index in [1.54, 1.807) is 23.2 Å². The van der Waals surface area contributed by atoms with E-state index in [0.29, 0.717) is 13.1 Å². The Morgan fingerprint density at radius 3 is 2.88 bits per heavy atom. The molecule has 1 aromatic heterocycles. The number of likely N-dealkylation sites (N-methyl/N-ethyl adjacent to an activating group) is 1. The Kier molecular flexibility index (Phi) is 4.97. The summed E-state index contributed by atoms with van der Waals surface area (Å²) in [7, 11) is 1.94. The molecule has 0 radical (unpaired) electrons. The standard InChI is InChI=1S/C18H21N3O2S/c1-13(22)21-7-5-15-9-16(3-4-17(15)21)19-18(23)11-20(2)10-14-6-8-24-12-14/h3-4,6,8-9,12H,5,7,10-11H2,1-2H3,(H,19,23). The fourth-order valence-electron chi connectivity index (χ4n) is 3.00. The van der Waals surface area contributed by atoms with Crippen LogP contribution in [0.5, 0.6) is 0 Å². The smallest absolute Gasteiger partial charge is 0.238 e. The number of nitrogens with one attached hydrogen (secondary N) is 1. The summed E-state index contributed by atoms with van der Waals surface area (Å²) in [4.78, 5) is 27.5. The maximum absolute atomic E-state index is 12.2. The normalized spacial score (nSPS) is 13.2. The number of carbonyl (C=O) groups is 2. The SMILES string of the molecule is CC(=O)N1CCc2cc(NC(=O)CN(C)Cc3ccsc3)ccc21. The second-order valence-corrected chi connectivity index (χ2v) is 6.90. The molecule has 1 aliphatic rings. The molecule has 0 saturated carbocycles. The molecule has 5 nitrogen and oxygen atoms in total. The molecule has 126 valence electrons. The van der Waals surface area contributed by atoms with E-state index < -0.39 is 0 Å². The van der Waals surface area contributed by atoms with Gasteiger partial charge in [-0.15, -0.1) is 0 Å². The van der Waals surface area contributed by atoms with Crippen molar-refractivity contribution in [3.8, 4) is 0 Å². The zero-order valence-electron chi connectivity index (χ0n) is 13.9. The number of thiophene rings is 1. The number of hydrogen-bond donors (Lipinski definition) is 1. The lowest BCUT2D eigenvalue weighted by molar-refractivity contribution is -0.117. The largest absolute Gasteiger partial charge is 0.325 e. The minimum atomic E-state index is -0.0332. The van der Waals surface area contributed by atoms with Crippen molar-refractivity contribution in [2.45, 2.75) is 19.9 Å². The molecule has 6 heteroatoms. The molecule has 0 fully saturated rings. The van der Waals surface area contributed by atoms with E-state index in [2.05, 4.69) is 16.8 Å². The third-order valence-corrected chi connectivity index (χ3v) is 4.82. The molecule has 0 unspecified atom stereocenters. The molecule has 0 aliphatic carbocycles. The van der Waals surface area contributed by atoms with Gasteiger partial charge in [-0.2, -0.15) is 11.3 Å². The number of carbonyl (C=O) groups excluding carboxylic acids is 2. The highest BCUT2D eigenvalue weighted by Crippen LogP contribution is 2.30. The number of benzene rings is 1. The van der Waals surface area contributed by atoms with Crippen molar-refractivity contribution in [2.75, 3.05) is 30.4 Å². The summed E-state index contributed by atoms with van der Waals surface area (Å²) in [6, 6.07) is 7.81. The molecule has 3 rings (SSSR count). The molecule has 1 N–H and O–H groups in total. The number of anilines is 2. The Bertz CT molecular complexity index is 743. The molecule has 1 aromatic carbocycles. The summed E-state index contributed by atoms with van der Waals surface area (Å²) in [5.74, 6) is 0.0229. The molecular weight excluding hydrogens is 322 g/mol. The first-order chi connectivity index (χ1) is 11.5. The molecule has 24 heavy (non-hydrogen) atoms. The van der Waals surface area contributed by atoms with Crippen LogP contribution in [0.15, 0.2) is 35.0 Å². The van der Waals surface area contributed by atoms with Gasteiger partial charge in [-0.05, 0) is 59.6 Å². The van der Waals surface area contributed by atoms with E-state index in [0.717, 1.165) is 29.9 Å². The lowest BCUT2D eigenvalue weighted by Crippen LogP contribution is -2.29. The van der Waals surface area contributed by atoms with E-state index in [1.165, 1.54) is 5.56 Å². The van der Waals surface area contributed by atoms with Gasteiger partial charge < -0.3 is 10.2 Å². The lowest BCUT2D eigenvalue weighted by atomic mass is 10.1. The van der Waals surface area contributed by atoms with E-state index in [9.17, 15) is 9.59 Å². The first-order valence-electron chi connectivity index (χ1n) is 7.93. The average Bonchev–Trinajstić information content (AvgIpc) is 3.15. The highest BCUT2D eigenvalue weighted by molar-refractivity contribution is 7.07. The van der Waals surface area contributed by atoms with Crippen molar-refractivity contribution < 1.29 is 9.59 Å². The van der Waals surface area contributed by atoms with Crippen LogP contribution in [0.1, 0.15) is 18.1 Å². The molecule has 0 saturated heterocycles. The fraction of sp³-hybridized carbons (Fsp3) is 0.333. The van der Waals surface area contributed by atoms with Crippen molar-refractivity contribution in [1.29, 1.82) is 0 Å². The molecule has 0 spiro atoms. The number of fused-ring (bicyclic) bond motifs is 1. The Morgan fingerprint density at radius 2 is 2.17 bits per heavy atom. The van der Waals surface area contributed by atoms with Gasteiger partial charge in [0.25, 0.3) is 0 Å². The lowest BCUT2D eigenvalue weighted by Gasteiger charge is -2.17. The van der Waals surface area contributed by atoms with Crippen LogP contribution < -0.4 is 10.2 Å². The van der Waals surface area contributed by atoms with E-state index in [1.807, 2.05) is 35.5 Å². The Balaban J connectivity index is 1.58. The van der Waals surface area contributed by atoms with Gasteiger partial charge in [0.2, 0.25) is 11.8 Å². The van der Waals surface area contributed by atoms with Crippen LogP contribution in [0.2, 0.25) is 0 Å². The zero-order valence-corrected chi connectivity index (χ0v) is 14.7. The molecule has 0 atom stereocenters. The summed E-state index contributed by atoms with van der Waals surface area (Å²) in [6.45, 7) is 3.39. The van der Waals surface area contributed by atoms with Gasteiger partial charge in [-0.1, -0.05) is 0 Å². The van der Waals surface area contributed by atoms with E-state index in [4.69, 9.17) is 0 Å². The zero-order chi connectivity index (χ0) is 17.1. The van der Waals surface area contributed by atoms with Crippen LogP contribution in [-0.4, -0.2) is 36.9 Å². The van der Waals surface area contributed by atoms with Crippen LogP contribution in [0.25, 0.3) is 0 Å². The van der Waals surface area contributed by atoms with Gasteiger partial charge in [0.1, 0.15) is 0 Å². The predicted octanol–water partition coefficient (Wildman–Crippen LogP) is 2.73. The summed E-state index contributed by atoms with van der Waals surface area (Å²) in [6.07, 6.45) is 0.830. The van der Waals surface area contributed by atoms with Gasteiger partial charge in [-0.3, -0.25) is 14.5 Å². The van der Waals surface area contributed by atoms with Crippen LogP contribution in [0.3, 0.4) is 0 Å². The maximum atomic E-state index is 12.2. The Hall–Kier alpha value is -2.18. The number of rotatable bonds is 5. The van der Waals surface area contributed by atoms with Gasteiger partial charge in [-0.25, -0.2) is 0 Å². The predicted molar refractivity (Wildman–Crippen MR) is 97.5 cm³/mol. The minimum Gasteiger partial charge on any atom is -0.325 e. The first kappa shape index (κ1) is 16.7. The highest BCUT2D eigenvalue weighted by atomic mass is 32.1. The third kappa shape index (κ3) is 3.83. The molecule has 2 heterocycles. The molecule has 2 aromatic rings. The van der Waals surface area contributed by atoms with E-state index in [-0.39, 0.29) is 11.8 Å². The van der Waals surface area contributed by atoms with Crippen molar-refractivity contribution in [2.24, 2.45) is 0 Å². The van der Waals surface area contributed by atoms with Crippen molar-refractivity contribution >= 4 is 34.5 Å². The van der Waals surface area contributed by atoms with E-state index >= 15 is 0 Å². The van der Waals surface area contributed by atoms with Gasteiger partial charge in [0.05, 0.1) is 6.54 Å².